The van der Waals surface area contributed by atoms with Crippen molar-refractivity contribution >= 4 is 8.07 Å². The molecular weight excluding hydrogens is 919 g/mol. The Morgan fingerprint density at radius 2 is 0.747 bits per heavy atom. The fourth-order valence-corrected chi connectivity index (χ4v) is 6.16. The molecule has 75 heavy (non-hydrogen) atoms. The largest absolute Gasteiger partial charge is 0.198 e. The van der Waals surface area contributed by atoms with Gasteiger partial charge in [-0.1, -0.05) is 316 Å². The monoisotopic (exact) mass is 1060 g/mol. The molecule has 0 spiro atoms. The minimum Gasteiger partial charge on any atom is -0.198 e. The molecule has 3 rings (SSSR count). The quantitative estimate of drug-likeness (QED) is 0.239. The Morgan fingerprint density at radius 3 is 0.920 bits per heavy atom. The van der Waals surface area contributed by atoms with Crippen LogP contribution in [0.15, 0.2) is 60.7 Å². The van der Waals surface area contributed by atoms with Crippen molar-refractivity contribution in [1.29, 1.82) is 5.26 Å². The maximum Gasteiger partial charge on any atom is 0.0680 e. The van der Waals surface area contributed by atoms with Crippen molar-refractivity contribution in [2.45, 2.75) is 326 Å². The molecule has 0 amide bonds. The van der Waals surface area contributed by atoms with E-state index in [1.54, 1.807) is 16.7 Å². The van der Waals surface area contributed by atoms with E-state index < -0.39 is 14.0 Å². The van der Waals surface area contributed by atoms with E-state index >= 15 is 0 Å². The van der Waals surface area contributed by atoms with Gasteiger partial charge in [-0.05, 0) is 139 Å². The molecule has 0 radical (unpaired) electrons. The van der Waals surface area contributed by atoms with Crippen LogP contribution in [0.3, 0.4) is 0 Å². The lowest BCUT2D eigenvalue weighted by molar-refractivity contribution is 0.283. The van der Waals surface area contributed by atoms with Gasteiger partial charge in [-0.2, -0.15) is 5.26 Å². The Bertz CT molecular complexity index is 1990. The molecule has 0 saturated heterocycles. The summed E-state index contributed by atoms with van der Waals surface area (Å²) in [6.07, 6.45) is 0. The third kappa shape index (κ3) is 39.4. The number of benzene rings is 3. The topological polar surface area (TPSA) is 23.8 Å². The molecule has 0 heterocycles. The second-order valence-electron chi connectivity index (χ2n) is 32.0. The van der Waals surface area contributed by atoms with Crippen molar-refractivity contribution in [3.05, 3.63) is 105 Å². The Hall–Kier alpha value is -2.63. The summed E-state index contributed by atoms with van der Waals surface area (Å²) in [5.74, 6) is 1.50. The summed E-state index contributed by atoms with van der Waals surface area (Å²) < 4.78 is 22.9. The van der Waals surface area contributed by atoms with E-state index in [1.807, 2.05) is 69.2 Å². The number of nitrogens with zero attached hydrogens (tertiary/aromatic N) is 1. The van der Waals surface area contributed by atoms with Gasteiger partial charge in [-0.3, -0.25) is 0 Å². The van der Waals surface area contributed by atoms with Gasteiger partial charge < -0.3 is 0 Å². The molecular formula is C73H137NSi. The lowest BCUT2D eigenvalue weighted by Gasteiger charge is -2.33. The smallest absolute Gasteiger partial charge is 0.0680 e. The molecule has 3 aromatic rings. The number of rotatable bonds is 4. The van der Waals surface area contributed by atoms with Crippen molar-refractivity contribution in [3.8, 4) is 6.07 Å². The van der Waals surface area contributed by atoms with Crippen LogP contribution in [0.4, 0.5) is 0 Å². The molecule has 438 valence electrons. The summed E-state index contributed by atoms with van der Waals surface area (Å²) in [6.45, 7) is 87.0. The Labute approximate surface area is 481 Å². The third-order valence-corrected chi connectivity index (χ3v) is 17.3. The van der Waals surface area contributed by atoms with Gasteiger partial charge in [0.2, 0.25) is 0 Å². The number of hydrogen-bond donors (Lipinski definition) is 0. The molecule has 0 aliphatic heterocycles. The molecule has 0 aromatic heterocycles. The highest BCUT2D eigenvalue weighted by molar-refractivity contribution is 6.78. The summed E-state index contributed by atoms with van der Waals surface area (Å²) in [4.78, 5) is 0. The average Bonchev–Trinajstić information content (AvgIpc) is 3.17. The highest BCUT2D eigenvalue weighted by Crippen LogP contribution is 2.40. The van der Waals surface area contributed by atoms with Crippen molar-refractivity contribution < 1.29 is 4.11 Å². The van der Waals surface area contributed by atoms with Gasteiger partial charge in [0.25, 0.3) is 0 Å². The molecule has 2 heteroatoms. The lowest BCUT2D eigenvalue weighted by Crippen LogP contribution is -2.32. The lowest BCUT2D eigenvalue weighted by atomic mass is 9.71. The SMILES string of the molecule is CC(C)(C)C#N.CC(C)(C)[Si](C)(C)C.CC(C)(C)c1ccccc1.CC(C)C.CC(C)c1cc(C(C)C)c(C(C)(C)C)c(C(C)C)c1.[2H]C(C)(C)C.[2H]C(C)(C)C(C)(C)C.[2H]C(C)(C)c1cccc(C(C)(C)C)c1C(C)(C)C. The van der Waals surface area contributed by atoms with Crippen LogP contribution in [-0.4, -0.2) is 8.07 Å². The summed E-state index contributed by atoms with van der Waals surface area (Å²) in [7, 11) is -0.859. The summed E-state index contributed by atoms with van der Waals surface area (Å²) in [5.41, 5.74) is 12.1. The first-order chi connectivity index (χ1) is 33.8. The van der Waals surface area contributed by atoms with E-state index in [9.17, 15) is 0 Å². The predicted octanol–water partition coefficient (Wildman–Crippen LogP) is 25.4. The van der Waals surface area contributed by atoms with Gasteiger partial charge in [0, 0.05) is 17.6 Å². The van der Waals surface area contributed by atoms with Gasteiger partial charge >= 0.3 is 0 Å². The first kappa shape index (κ1) is 74.4. The molecule has 0 bridgehead atoms. The van der Waals surface area contributed by atoms with E-state index in [2.05, 4.69) is 273 Å². The molecule has 1 nitrogen and oxygen atoms in total. The second kappa shape index (κ2) is 34.4. The highest BCUT2D eigenvalue weighted by Gasteiger charge is 2.30. The Kier molecular flexibility index (Phi) is 34.1. The van der Waals surface area contributed by atoms with Crippen LogP contribution in [-0.2, 0) is 21.7 Å². The average molecular weight is 1060 g/mol. The van der Waals surface area contributed by atoms with Crippen LogP contribution < -0.4 is 0 Å². The van der Waals surface area contributed by atoms with Crippen LogP contribution in [0.5, 0.6) is 0 Å². The standard InChI is InChI=1S/C19H32.C17H28.C10H14.C7H18Si.C7H16.C5H9N.2C4H10/c1-12(2)15-10-16(13(3)4)18(19(7,8)9)17(11-15)14(5)6;1-12(2)13-10-9-11-14(16(3,4)5)15(13)17(6,7)8;1-10(2,3)9-7-5-4-6-8-9;1-7(2,3)8(4,5)6;1-6(2)7(3,4)5;1-5(2,3)4-6;2*1-4(2)3/h10-14H,1-9H3;9-12H,1-8H3;4-8H,1-3H3;1-6H3;6H,1-5H3;1-3H3;2*4H,1-3H3/i;12D;;;6D;;4D;. The van der Waals surface area contributed by atoms with Crippen LogP contribution in [0, 0.1) is 39.9 Å². The molecule has 0 unspecified atom stereocenters. The van der Waals surface area contributed by atoms with Gasteiger partial charge in [-0.25, -0.2) is 0 Å². The van der Waals surface area contributed by atoms with E-state index in [0.717, 1.165) is 11.5 Å². The van der Waals surface area contributed by atoms with E-state index in [4.69, 9.17) is 9.37 Å². The zero-order chi connectivity index (χ0) is 64.2. The van der Waals surface area contributed by atoms with Gasteiger partial charge in [0.1, 0.15) is 0 Å². The molecule has 0 N–H and O–H groups in total. The number of nitriles is 1. The maximum atomic E-state index is 8.39. The molecule has 0 saturated carbocycles. The molecule has 0 atom stereocenters. The minimum atomic E-state index is -0.859. The zero-order valence-corrected chi connectivity index (χ0v) is 59.5. The minimum absolute atomic E-state index is 0.0670. The Morgan fingerprint density at radius 1 is 0.440 bits per heavy atom. The van der Waals surface area contributed by atoms with Gasteiger partial charge in [0.05, 0.1) is 6.07 Å². The zero-order valence-electron chi connectivity index (χ0n) is 61.5. The molecule has 0 fully saturated rings. The van der Waals surface area contributed by atoms with Gasteiger partial charge in [0.15, 0.2) is 0 Å². The van der Waals surface area contributed by atoms with Crippen molar-refractivity contribution in [1.82, 2.24) is 0 Å². The van der Waals surface area contributed by atoms with E-state index in [-0.39, 0.29) is 38.9 Å². The first-order valence-corrected chi connectivity index (χ1v) is 32.6. The van der Waals surface area contributed by atoms with Crippen molar-refractivity contribution in [2.75, 3.05) is 0 Å². The molecule has 0 aliphatic carbocycles. The van der Waals surface area contributed by atoms with Crippen LogP contribution in [0.2, 0.25) is 24.7 Å². The van der Waals surface area contributed by atoms with Crippen LogP contribution in [0.1, 0.15) is 328 Å². The Balaban J connectivity index is -0.000000276. The maximum absolute atomic E-state index is 8.39. The van der Waals surface area contributed by atoms with Crippen LogP contribution >= 0.6 is 0 Å². The fraction of sp³-hybridized carbons (Fsp3) is 0.740. The van der Waals surface area contributed by atoms with Crippen LogP contribution in [0.25, 0.3) is 0 Å². The van der Waals surface area contributed by atoms with Crippen molar-refractivity contribution in [3.63, 3.8) is 0 Å². The predicted molar refractivity (Wildman–Crippen MR) is 354 cm³/mol. The van der Waals surface area contributed by atoms with E-state index in [0.29, 0.717) is 28.2 Å². The third-order valence-electron chi connectivity index (χ3n) is 12.8. The number of hydrogen-bond acceptors (Lipinski definition) is 1. The summed E-state index contributed by atoms with van der Waals surface area (Å²) >= 11 is 0. The molecule has 3 aromatic carbocycles. The van der Waals surface area contributed by atoms with E-state index in [1.165, 1.54) is 22.3 Å². The summed E-state index contributed by atoms with van der Waals surface area (Å²) in [5, 5.41) is 8.73. The fourth-order valence-electron chi connectivity index (χ4n) is 6.16. The van der Waals surface area contributed by atoms with Gasteiger partial charge in [-0.15, -0.1) is 0 Å². The second-order valence-corrected chi connectivity index (χ2v) is 38.0. The first-order valence-electron chi connectivity index (χ1n) is 30.6. The summed E-state index contributed by atoms with van der Waals surface area (Å²) in [6, 6.07) is 24.0. The normalized spacial score (nSPS) is 13.3. The highest BCUT2D eigenvalue weighted by atomic mass is 28.3. The molecule has 0 aliphatic rings. The van der Waals surface area contributed by atoms with Crippen molar-refractivity contribution in [2.24, 2.45) is 28.5 Å².